The molecule has 8 heteroatoms. The number of hydrogen-bond acceptors (Lipinski definition) is 6. The number of carbonyl (C=O) groups excluding carboxylic acids is 4. The Morgan fingerprint density at radius 1 is 0.780 bits per heavy atom. The summed E-state index contributed by atoms with van der Waals surface area (Å²) in [4.78, 5) is 55.4. The van der Waals surface area contributed by atoms with E-state index in [2.05, 4.69) is 0 Å². The number of likely N-dealkylation sites (tertiary alicyclic amines) is 1. The van der Waals surface area contributed by atoms with E-state index in [9.17, 15) is 19.2 Å². The molecule has 2 fully saturated rings. The van der Waals surface area contributed by atoms with Crippen molar-refractivity contribution in [1.29, 1.82) is 0 Å². The van der Waals surface area contributed by atoms with Crippen LogP contribution in [0.5, 0.6) is 0 Å². The highest BCUT2D eigenvalue weighted by Gasteiger charge is 2.50. The van der Waals surface area contributed by atoms with Gasteiger partial charge in [0.2, 0.25) is 12.0 Å². The first-order valence-corrected chi connectivity index (χ1v) is 14.1. The second-order valence-electron chi connectivity index (χ2n) is 10.5. The van der Waals surface area contributed by atoms with E-state index in [0.29, 0.717) is 38.8 Å². The number of imide groups is 1. The smallest absolute Gasteiger partial charge is 0.417 e. The Balaban J connectivity index is 1.23. The van der Waals surface area contributed by atoms with Crippen molar-refractivity contribution in [2.75, 3.05) is 13.1 Å². The number of amides is 3. The van der Waals surface area contributed by atoms with Crippen LogP contribution >= 0.6 is 0 Å². The average molecular weight is 555 g/mol. The van der Waals surface area contributed by atoms with E-state index in [1.807, 2.05) is 91.0 Å². The van der Waals surface area contributed by atoms with Gasteiger partial charge in [0.05, 0.1) is 12.0 Å². The van der Waals surface area contributed by atoms with Crippen LogP contribution < -0.4 is 0 Å². The molecule has 3 aromatic carbocycles. The van der Waals surface area contributed by atoms with E-state index >= 15 is 0 Å². The summed E-state index contributed by atoms with van der Waals surface area (Å²) in [5, 5.41) is 0. The van der Waals surface area contributed by atoms with Gasteiger partial charge < -0.3 is 14.4 Å². The number of aryl methyl sites for hydroxylation is 1. The largest absolute Gasteiger partial charge is 0.461 e. The van der Waals surface area contributed by atoms with Gasteiger partial charge in [0.25, 0.3) is 5.91 Å². The van der Waals surface area contributed by atoms with Crippen LogP contribution in [0, 0.1) is 5.92 Å². The van der Waals surface area contributed by atoms with Gasteiger partial charge in [-0.1, -0.05) is 91.0 Å². The lowest BCUT2D eigenvalue weighted by Crippen LogP contribution is -2.51. The number of ether oxygens (including phenoxy) is 2. The second kappa shape index (κ2) is 13.3. The van der Waals surface area contributed by atoms with Crippen molar-refractivity contribution in [3.8, 4) is 0 Å². The van der Waals surface area contributed by atoms with Gasteiger partial charge in [0, 0.05) is 19.5 Å². The topological polar surface area (TPSA) is 93.2 Å². The van der Waals surface area contributed by atoms with E-state index in [1.165, 1.54) is 0 Å². The van der Waals surface area contributed by atoms with Crippen molar-refractivity contribution in [2.24, 2.45) is 5.92 Å². The van der Waals surface area contributed by atoms with Crippen LogP contribution in [0.1, 0.15) is 36.0 Å². The highest BCUT2D eigenvalue weighted by molar-refractivity contribution is 5.97. The standard InChI is InChI=1S/C33H34N2O6/c36-29(17-16-24-10-4-1-5-11-24)35-28(22-25-12-6-2-7-13-25)30(41-33(35)39)31(37)34-20-18-27(19-21-34)32(38)40-23-26-14-8-3-9-15-26/h1-15,27-28,30H,16-23H2/t28-,30+/m0/s1. The molecule has 0 aliphatic carbocycles. The summed E-state index contributed by atoms with van der Waals surface area (Å²) in [5.74, 6) is -1.28. The summed E-state index contributed by atoms with van der Waals surface area (Å²) in [5.41, 5.74) is 2.81. The number of hydrogen-bond donors (Lipinski definition) is 0. The molecule has 0 unspecified atom stereocenters. The van der Waals surface area contributed by atoms with Crippen molar-refractivity contribution in [2.45, 2.75) is 50.9 Å². The molecular formula is C33H34N2O6. The molecule has 2 atom stereocenters. The van der Waals surface area contributed by atoms with E-state index in [0.717, 1.165) is 21.6 Å². The molecule has 0 saturated carbocycles. The number of nitrogens with zero attached hydrogens (tertiary/aromatic N) is 2. The summed E-state index contributed by atoms with van der Waals surface area (Å²) in [6.07, 6.45) is -0.0589. The lowest BCUT2D eigenvalue weighted by molar-refractivity contribution is -0.154. The zero-order chi connectivity index (χ0) is 28.6. The van der Waals surface area contributed by atoms with Crippen molar-refractivity contribution >= 4 is 23.9 Å². The fourth-order valence-corrected chi connectivity index (χ4v) is 5.45. The summed E-state index contributed by atoms with van der Waals surface area (Å²) in [6, 6.07) is 27.8. The molecule has 0 aromatic heterocycles. The highest BCUT2D eigenvalue weighted by atomic mass is 16.6. The molecular weight excluding hydrogens is 520 g/mol. The van der Waals surface area contributed by atoms with Gasteiger partial charge >= 0.3 is 12.1 Å². The normalized spacial score (nSPS) is 19.1. The Bertz CT molecular complexity index is 1340. The van der Waals surface area contributed by atoms with Crippen molar-refractivity contribution < 1.29 is 28.7 Å². The summed E-state index contributed by atoms with van der Waals surface area (Å²) < 4.78 is 11.1. The lowest BCUT2D eigenvalue weighted by Gasteiger charge is -2.33. The Morgan fingerprint density at radius 2 is 1.34 bits per heavy atom. The van der Waals surface area contributed by atoms with Crippen LogP contribution in [0.25, 0.3) is 0 Å². The molecule has 8 nitrogen and oxygen atoms in total. The van der Waals surface area contributed by atoms with Gasteiger partial charge in [0.15, 0.2) is 0 Å². The molecule has 0 radical (unpaired) electrons. The van der Waals surface area contributed by atoms with Crippen molar-refractivity contribution in [3.63, 3.8) is 0 Å². The third-order valence-electron chi connectivity index (χ3n) is 7.74. The lowest BCUT2D eigenvalue weighted by atomic mass is 9.95. The van der Waals surface area contributed by atoms with Gasteiger partial charge in [-0.25, -0.2) is 9.69 Å². The predicted octanol–water partition coefficient (Wildman–Crippen LogP) is 4.56. The maximum Gasteiger partial charge on any atom is 0.417 e. The number of benzene rings is 3. The molecule has 0 bridgehead atoms. The molecule has 2 aliphatic rings. The highest BCUT2D eigenvalue weighted by Crippen LogP contribution is 2.28. The number of cyclic esters (lactones) is 1. The fourth-order valence-electron chi connectivity index (χ4n) is 5.45. The third kappa shape index (κ3) is 7.01. The fraction of sp³-hybridized carbons (Fsp3) is 0.333. The van der Waals surface area contributed by atoms with Gasteiger partial charge in [-0.05, 0) is 42.4 Å². The molecule has 2 heterocycles. The van der Waals surface area contributed by atoms with Crippen molar-refractivity contribution in [1.82, 2.24) is 9.80 Å². The van der Waals surface area contributed by atoms with Crippen LogP contribution in [-0.2, 0) is 43.3 Å². The Kier molecular flexibility index (Phi) is 9.08. The first kappa shape index (κ1) is 28.1. The number of rotatable bonds is 9. The van der Waals surface area contributed by atoms with Crippen LogP contribution in [0.2, 0.25) is 0 Å². The minimum atomic E-state index is -1.11. The molecule has 2 saturated heterocycles. The molecule has 5 rings (SSSR count). The number of piperidine rings is 1. The van der Waals surface area contributed by atoms with Crippen LogP contribution in [0.15, 0.2) is 91.0 Å². The van der Waals surface area contributed by atoms with E-state index in [1.54, 1.807) is 4.90 Å². The molecule has 3 amide bonds. The molecule has 41 heavy (non-hydrogen) atoms. The average Bonchev–Trinajstić information content (AvgIpc) is 3.35. The number of esters is 1. The molecule has 0 spiro atoms. The predicted molar refractivity (Wildman–Crippen MR) is 151 cm³/mol. The van der Waals surface area contributed by atoms with Crippen LogP contribution in [0.3, 0.4) is 0 Å². The Morgan fingerprint density at radius 3 is 1.95 bits per heavy atom. The number of carbonyl (C=O) groups is 4. The maximum absolute atomic E-state index is 13.7. The summed E-state index contributed by atoms with van der Waals surface area (Å²) >= 11 is 0. The SMILES string of the molecule is O=C(OCc1ccccc1)C1CCN(C(=O)[C@@H]2OC(=O)N(C(=O)CCc3ccccc3)[C@H]2Cc2ccccc2)CC1. The Labute approximate surface area is 239 Å². The first-order chi connectivity index (χ1) is 20.0. The Hall–Kier alpha value is -4.46. The van der Waals surface area contributed by atoms with Gasteiger partial charge in [-0.3, -0.25) is 14.4 Å². The summed E-state index contributed by atoms with van der Waals surface area (Å²) in [7, 11) is 0. The van der Waals surface area contributed by atoms with E-state index in [4.69, 9.17) is 9.47 Å². The molecule has 2 aliphatic heterocycles. The monoisotopic (exact) mass is 554 g/mol. The van der Waals surface area contributed by atoms with Crippen molar-refractivity contribution in [3.05, 3.63) is 108 Å². The minimum Gasteiger partial charge on any atom is -0.461 e. The van der Waals surface area contributed by atoms with Gasteiger partial charge in [-0.2, -0.15) is 0 Å². The van der Waals surface area contributed by atoms with Gasteiger partial charge in [0.1, 0.15) is 6.61 Å². The maximum atomic E-state index is 13.7. The van der Waals surface area contributed by atoms with Crippen LogP contribution in [0.4, 0.5) is 4.79 Å². The van der Waals surface area contributed by atoms with Crippen LogP contribution in [-0.4, -0.2) is 58.9 Å². The molecule has 3 aromatic rings. The third-order valence-corrected chi connectivity index (χ3v) is 7.74. The summed E-state index contributed by atoms with van der Waals surface area (Å²) in [6.45, 7) is 0.905. The second-order valence-corrected chi connectivity index (χ2v) is 10.5. The minimum absolute atomic E-state index is 0.127. The quantitative estimate of drug-likeness (QED) is 0.360. The van der Waals surface area contributed by atoms with Gasteiger partial charge in [-0.15, -0.1) is 0 Å². The molecule has 212 valence electrons. The zero-order valence-corrected chi connectivity index (χ0v) is 22.9. The zero-order valence-electron chi connectivity index (χ0n) is 22.9. The molecule has 0 N–H and O–H groups in total. The first-order valence-electron chi connectivity index (χ1n) is 14.1. The van der Waals surface area contributed by atoms with E-state index in [-0.39, 0.29) is 36.7 Å². The van der Waals surface area contributed by atoms with E-state index < -0.39 is 18.2 Å².